The topological polar surface area (TPSA) is 89.9 Å². The van der Waals surface area contributed by atoms with Crippen LogP contribution in [0.3, 0.4) is 0 Å². The second-order valence-corrected chi connectivity index (χ2v) is 8.87. The molecule has 1 unspecified atom stereocenters. The van der Waals surface area contributed by atoms with Crippen LogP contribution in [0.15, 0.2) is 47.6 Å². The molecular formula is C27H33N3O6. The largest absolute Gasteiger partial charge is 0.497 e. The Morgan fingerprint density at radius 3 is 2.28 bits per heavy atom. The molecule has 4 rings (SSSR count). The molecule has 0 aromatic heterocycles. The van der Waals surface area contributed by atoms with Crippen LogP contribution in [-0.4, -0.2) is 75.6 Å². The van der Waals surface area contributed by atoms with Gasteiger partial charge in [0.15, 0.2) is 0 Å². The maximum Gasteiger partial charge on any atom is 0.262 e. The molecule has 2 aromatic carbocycles. The van der Waals surface area contributed by atoms with E-state index in [0.717, 1.165) is 35.4 Å². The third-order valence-corrected chi connectivity index (χ3v) is 6.52. The van der Waals surface area contributed by atoms with Crippen molar-refractivity contribution in [2.24, 2.45) is 11.0 Å². The molecule has 9 heteroatoms. The minimum atomic E-state index is -0.328. The van der Waals surface area contributed by atoms with Crippen LogP contribution >= 0.6 is 0 Å². The van der Waals surface area contributed by atoms with E-state index in [1.54, 1.807) is 39.4 Å². The van der Waals surface area contributed by atoms with Crippen LogP contribution in [-0.2, 0) is 14.3 Å². The summed E-state index contributed by atoms with van der Waals surface area (Å²) in [6.45, 7) is 0.675. The number of carbonyl (C=O) groups is 2. The molecule has 1 atom stereocenters. The molecule has 1 aliphatic carbocycles. The Labute approximate surface area is 211 Å². The number of hydrogen-bond donors (Lipinski definition) is 0. The zero-order chi connectivity index (χ0) is 25.7. The van der Waals surface area contributed by atoms with Crippen LogP contribution < -0.4 is 14.2 Å². The van der Waals surface area contributed by atoms with Gasteiger partial charge < -0.3 is 23.8 Å². The van der Waals surface area contributed by atoms with E-state index in [9.17, 15) is 9.59 Å². The highest BCUT2D eigenvalue weighted by molar-refractivity contribution is 6.05. The Hall–Kier alpha value is -3.59. The number of rotatable bonds is 11. The van der Waals surface area contributed by atoms with E-state index in [-0.39, 0.29) is 30.3 Å². The molecule has 36 heavy (non-hydrogen) atoms. The zero-order valence-electron chi connectivity index (χ0n) is 21.2. The van der Waals surface area contributed by atoms with Crippen molar-refractivity contribution in [1.82, 2.24) is 9.91 Å². The fourth-order valence-corrected chi connectivity index (χ4v) is 4.32. The third-order valence-electron chi connectivity index (χ3n) is 6.52. The van der Waals surface area contributed by atoms with Gasteiger partial charge in [-0.3, -0.25) is 9.59 Å². The molecule has 9 nitrogen and oxygen atoms in total. The standard InChI is InChI=1S/C27H33N3O6/c1-33-14-13-29(27(32)19-5-6-19)17-26(31)30-24(18-7-9-20(34-2)10-8-18)16-23(28-30)22-12-11-21(35-3)15-25(22)36-4/h7-12,15,19,24H,5-6,13-14,16-17H2,1-4H3. The summed E-state index contributed by atoms with van der Waals surface area (Å²) in [5.74, 6) is 1.77. The predicted molar refractivity (Wildman–Crippen MR) is 134 cm³/mol. The molecule has 1 fully saturated rings. The first kappa shape index (κ1) is 25.5. The fraction of sp³-hybridized carbons (Fsp3) is 0.444. The van der Waals surface area contributed by atoms with Gasteiger partial charge in [-0.2, -0.15) is 5.10 Å². The second kappa shape index (κ2) is 11.4. The van der Waals surface area contributed by atoms with Gasteiger partial charge >= 0.3 is 0 Å². The van der Waals surface area contributed by atoms with Gasteiger partial charge in [0.2, 0.25) is 5.91 Å². The van der Waals surface area contributed by atoms with Crippen molar-refractivity contribution in [1.29, 1.82) is 0 Å². The van der Waals surface area contributed by atoms with Crippen molar-refractivity contribution in [2.45, 2.75) is 25.3 Å². The molecule has 2 aliphatic rings. The summed E-state index contributed by atoms with van der Waals surface area (Å²) in [5, 5.41) is 6.26. The number of amides is 2. The number of ether oxygens (including phenoxy) is 4. The maximum atomic E-state index is 13.6. The highest BCUT2D eigenvalue weighted by atomic mass is 16.5. The quantitative estimate of drug-likeness (QED) is 0.475. The van der Waals surface area contributed by atoms with Crippen molar-refractivity contribution in [3.63, 3.8) is 0 Å². The molecular weight excluding hydrogens is 462 g/mol. The van der Waals surface area contributed by atoms with Crippen LogP contribution in [0, 0.1) is 5.92 Å². The number of carbonyl (C=O) groups excluding carboxylic acids is 2. The van der Waals surface area contributed by atoms with Crippen molar-refractivity contribution in [3.05, 3.63) is 53.6 Å². The normalized spacial score (nSPS) is 16.9. The molecule has 1 saturated carbocycles. The molecule has 0 saturated heterocycles. The van der Waals surface area contributed by atoms with E-state index < -0.39 is 0 Å². The van der Waals surface area contributed by atoms with Crippen molar-refractivity contribution >= 4 is 17.5 Å². The van der Waals surface area contributed by atoms with Crippen LogP contribution in [0.25, 0.3) is 0 Å². The fourth-order valence-electron chi connectivity index (χ4n) is 4.32. The Balaban J connectivity index is 1.65. The Morgan fingerprint density at radius 2 is 1.67 bits per heavy atom. The monoisotopic (exact) mass is 495 g/mol. The van der Waals surface area contributed by atoms with Crippen LogP contribution in [0.5, 0.6) is 17.2 Å². The van der Waals surface area contributed by atoms with E-state index >= 15 is 0 Å². The first-order valence-corrected chi connectivity index (χ1v) is 12.0. The first-order chi connectivity index (χ1) is 17.5. The zero-order valence-corrected chi connectivity index (χ0v) is 21.2. The summed E-state index contributed by atoms with van der Waals surface area (Å²) in [5.41, 5.74) is 2.44. The molecule has 1 aliphatic heterocycles. The Kier molecular flexibility index (Phi) is 8.10. The number of hydrogen-bond acceptors (Lipinski definition) is 7. The molecule has 1 heterocycles. The summed E-state index contributed by atoms with van der Waals surface area (Å²) in [6.07, 6.45) is 2.23. The third kappa shape index (κ3) is 5.62. The van der Waals surface area contributed by atoms with Crippen LogP contribution in [0.2, 0.25) is 0 Å². The summed E-state index contributed by atoms with van der Waals surface area (Å²) < 4.78 is 21.4. The average Bonchev–Trinajstić information content (AvgIpc) is 3.68. The number of methoxy groups -OCH3 is 4. The van der Waals surface area contributed by atoms with Gasteiger partial charge in [-0.05, 0) is 42.7 Å². The van der Waals surface area contributed by atoms with Crippen molar-refractivity contribution in [3.8, 4) is 17.2 Å². The van der Waals surface area contributed by atoms with Gasteiger partial charge in [0.1, 0.15) is 23.8 Å². The smallest absolute Gasteiger partial charge is 0.262 e. The molecule has 0 spiro atoms. The lowest BCUT2D eigenvalue weighted by Crippen LogP contribution is -2.43. The molecule has 192 valence electrons. The van der Waals surface area contributed by atoms with E-state index in [1.807, 2.05) is 36.4 Å². The summed E-state index contributed by atoms with van der Waals surface area (Å²) >= 11 is 0. The number of hydrazone groups is 1. The molecule has 0 radical (unpaired) electrons. The summed E-state index contributed by atoms with van der Waals surface area (Å²) in [7, 11) is 6.39. The Morgan fingerprint density at radius 1 is 0.972 bits per heavy atom. The van der Waals surface area contributed by atoms with Gasteiger partial charge in [0.25, 0.3) is 5.91 Å². The van der Waals surface area contributed by atoms with Gasteiger partial charge in [-0.15, -0.1) is 0 Å². The maximum absolute atomic E-state index is 13.6. The first-order valence-electron chi connectivity index (χ1n) is 12.0. The SMILES string of the molecule is COCCN(CC(=O)N1N=C(c2ccc(OC)cc2OC)CC1c1ccc(OC)cc1)C(=O)C1CC1. The summed E-state index contributed by atoms with van der Waals surface area (Å²) in [4.78, 5) is 28.0. The highest BCUT2D eigenvalue weighted by Gasteiger charge is 2.38. The minimum absolute atomic E-state index is 0.00150. The van der Waals surface area contributed by atoms with E-state index in [4.69, 9.17) is 24.0 Å². The molecule has 0 N–H and O–H groups in total. The number of benzene rings is 2. The lowest BCUT2D eigenvalue weighted by molar-refractivity contribution is -0.142. The highest BCUT2D eigenvalue weighted by Crippen LogP contribution is 2.37. The van der Waals surface area contributed by atoms with E-state index in [1.165, 1.54) is 5.01 Å². The molecule has 0 bridgehead atoms. The van der Waals surface area contributed by atoms with Crippen molar-refractivity contribution in [2.75, 3.05) is 48.1 Å². The van der Waals surface area contributed by atoms with E-state index in [2.05, 4.69) is 0 Å². The van der Waals surface area contributed by atoms with Gasteiger partial charge in [0, 0.05) is 37.6 Å². The van der Waals surface area contributed by atoms with Crippen LogP contribution in [0.1, 0.15) is 36.4 Å². The van der Waals surface area contributed by atoms with Crippen molar-refractivity contribution < 1.29 is 28.5 Å². The van der Waals surface area contributed by atoms with Gasteiger partial charge in [-0.25, -0.2) is 5.01 Å². The lowest BCUT2D eigenvalue weighted by Gasteiger charge is -2.27. The average molecular weight is 496 g/mol. The van der Waals surface area contributed by atoms with Crippen LogP contribution in [0.4, 0.5) is 0 Å². The van der Waals surface area contributed by atoms with E-state index in [0.29, 0.717) is 31.1 Å². The van der Waals surface area contributed by atoms with Gasteiger partial charge in [-0.1, -0.05) is 12.1 Å². The molecule has 2 amide bonds. The minimum Gasteiger partial charge on any atom is -0.497 e. The lowest BCUT2D eigenvalue weighted by atomic mass is 9.97. The second-order valence-electron chi connectivity index (χ2n) is 8.87. The Bertz CT molecular complexity index is 1110. The molecule has 2 aromatic rings. The van der Waals surface area contributed by atoms with Gasteiger partial charge in [0.05, 0.1) is 39.7 Å². The predicted octanol–water partition coefficient (Wildman–Crippen LogP) is 3.28. The number of nitrogens with zero attached hydrogens (tertiary/aromatic N) is 3. The summed E-state index contributed by atoms with van der Waals surface area (Å²) in [6, 6.07) is 12.8.